The van der Waals surface area contributed by atoms with Gasteiger partial charge in [0.25, 0.3) is 0 Å². The van der Waals surface area contributed by atoms with Crippen molar-refractivity contribution in [2.75, 3.05) is 0 Å². The van der Waals surface area contributed by atoms with Gasteiger partial charge in [0, 0.05) is 49.9 Å². The van der Waals surface area contributed by atoms with Gasteiger partial charge in [-0.25, -0.2) is 15.0 Å². The third-order valence-electron chi connectivity index (χ3n) is 10.1. The van der Waals surface area contributed by atoms with E-state index < -0.39 is 0 Å². The maximum atomic E-state index is 5.07. The highest BCUT2D eigenvalue weighted by atomic mass is 15.1. The van der Waals surface area contributed by atoms with Crippen LogP contribution in [0.4, 0.5) is 0 Å². The zero-order valence-electron chi connectivity index (χ0n) is 27.5. The van der Waals surface area contributed by atoms with E-state index in [9.17, 15) is 0 Å². The van der Waals surface area contributed by atoms with Crippen LogP contribution in [0.25, 0.3) is 78.2 Å². The molecule has 10 rings (SSSR count). The minimum absolute atomic E-state index is 0.661. The van der Waals surface area contributed by atoms with Gasteiger partial charge in [-0.15, -0.1) is 0 Å². The summed E-state index contributed by atoms with van der Waals surface area (Å²) in [6.07, 6.45) is 4.52. The van der Waals surface area contributed by atoms with Crippen molar-refractivity contribution >= 4 is 32.7 Å². The fraction of sp³-hybridized carbons (Fsp3) is 0.0889. The summed E-state index contributed by atoms with van der Waals surface area (Å²) in [4.78, 5) is 15.1. The lowest BCUT2D eigenvalue weighted by Gasteiger charge is -2.17. The van der Waals surface area contributed by atoms with Crippen molar-refractivity contribution in [2.45, 2.75) is 25.7 Å². The lowest BCUT2D eigenvalue weighted by atomic mass is 9.95. The number of para-hydroxylation sites is 2. The third-order valence-corrected chi connectivity index (χ3v) is 10.1. The Morgan fingerprint density at radius 1 is 0.400 bits per heavy atom. The molecule has 9 aromatic rings. The number of nitrogens with zero attached hydrogens (tertiary/aromatic N) is 5. The maximum Gasteiger partial charge on any atom is 0.164 e. The van der Waals surface area contributed by atoms with E-state index in [0.29, 0.717) is 17.5 Å². The number of hydrogen-bond acceptors (Lipinski definition) is 3. The van der Waals surface area contributed by atoms with Crippen LogP contribution in [0.5, 0.6) is 0 Å². The van der Waals surface area contributed by atoms with Crippen molar-refractivity contribution in [3.8, 4) is 45.5 Å². The van der Waals surface area contributed by atoms with Crippen LogP contribution in [0, 0.1) is 0 Å². The second-order valence-corrected chi connectivity index (χ2v) is 13.1. The first kappa shape index (κ1) is 28.7. The summed E-state index contributed by atoms with van der Waals surface area (Å²) >= 11 is 0. The fourth-order valence-electron chi connectivity index (χ4n) is 7.92. The molecule has 0 saturated heterocycles. The molecule has 0 fully saturated rings. The van der Waals surface area contributed by atoms with Gasteiger partial charge in [-0.3, -0.25) is 0 Å². The Labute approximate surface area is 290 Å². The van der Waals surface area contributed by atoms with Crippen LogP contribution in [0.15, 0.2) is 152 Å². The number of hydrogen-bond donors (Lipinski definition) is 0. The summed E-state index contributed by atoms with van der Waals surface area (Å²) in [6.45, 7) is 0. The van der Waals surface area contributed by atoms with Gasteiger partial charge in [0.1, 0.15) is 0 Å². The highest BCUT2D eigenvalue weighted by Gasteiger charge is 2.26. The number of aromatic nitrogens is 5. The molecule has 1 aliphatic rings. The summed E-state index contributed by atoms with van der Waals surface area (Å²) < 4.78 is 5.01. The van der Waals surface area contributed by atoms with Gasteiger partial charge in [0.2, 0.25) is 0 Å². The number of rotatable bonds is 5. The zero-order valence-corrected chi connectivity index (χ0v) is 27.5. The molecule has 0 spiro atoms. The lowest BCUT2D eigenvalue weighted by Crippen LogP contribution is -2.07. The Kier molecular flexibility index (Phi) is 6.69. The van der Waals surface area contributed by atoms with Gasteiger partial charge in [-0.05, 0) is 61.6 Å². The largest absolute Gasteiger partial charge is 0.311 e. The first-order chi connectivity index (χ1) is 24.8. The average Bonchev–Trinajstić information content (AvgIpc) is 3.72. The van der Waals surface area contributed by atoms with E-state index in [2.05, 4.69) is 124 Å². The maximum absolute atomic E-state index is 5.07. The second kappa shape index (κ2) is 11.7. The van der Waals surface area contributed by atoms with Crippen molar-refractivity contribution in [3.05, 3.63) is 163 Å². The van der Waals surface area contributed by atoms with Crippen LogP contribution in [0.2, 0.25) is 0 Å². The Morgan fingerprint density at radius 2 is 0.940 bits per heavy atom. The smallest absolute Gasteiger partial charge is 0.164 e. The fourth-order valence-corrected chi connectivity index (χ4v) is 7.92. The van der Waals surface area contributed by atoms with Gasteiger partial charge in [-0.2, -0.15) is 0 Å². The van der Waals surface area contributed by atoms with Crippen LogP contribution >= 0.6 is 0 Å². The highest BCUT2D eigenvalue weighted by Crippen LogP contribution is 2.43. The van der Waals surface area contributed by atoms with Crippen LogP contribution in [0.3, 0.4) is 0 Å². The van der Waals surface area contributed by atoms with Crippen LogP contribution in [-0.4, -0.2) is 24.1 Å². The molecular formula is C45H33N5. The Bertz CT molecular complexity index is 2630. The van der Waals surface area contributed by atoms with Crippen molar-refractivity contribution < 1.29 is 0 Å². The molecule has 1 aliphatic carbocycles. The van der Waals surface area contributed by atoms with E-state index in [-0.39, 0.29) is 0 Å². The molecule has 0 saturated carbocycles. The monoisotopic (exact) mass is 643 g/mol. The predicted octanol–water partition coefficient (Wildman–Crippen LogP) is 10.8. The van der Waals surface area contributed by atoms with Gasteiger partial charge < -0.3 is 9.13 Å². The van der Waals surface area contributed by atoms with Gasteiger partial charge in [0.05, 0.1) is 16.6 Å². The number of benzene rings is 6. The van der Waals surface area contributed by atoms with E-state index in [1.807, 2.05) is 36.4 Å². The molecule has 0 aliphatic heterocycles. The molecule has 5 heteroatoms. The Hall–Kier alpha value is -6.33. The van der Waals surface area contributed by atoms with E-state index in [0.717, 1.165) is 40.9 Å². The quantitative estimate of drug-likeness (QED) is 0.187. The van der Waals surface area contributed by atoms with Crippen molar-refractivity contribution in [2.24, 2.45) is 0 Å². The lowest BCUT2D eigenvalue weighted by molar-refractivity contribution is 0.667. The summed E-state index contributed by atoms with van der Waals surface area (Å²) in [5.74, 6) is 1.99. The van der Waals surface area contributed by atoms with E-state index in [1.165, 1.54) is 56.8 Å². The normalized spacial score (nSPS) is 12.9. The Balaban J connectivity index is 1.25. The van der Waals surface area contributed by atoms with Crippen molar-refractivity contribution in [1.29, 1.82) is 0 Å². The van der Waals surface area contributed by atoms with Crippen molar-refractivity contribution in [3.63, 3.8) is 0 Å². The molecule has 5 nitrogen and oxygen atoms in total. The first-order valence-electron chi connectivity index (χ1n) is 17.4. The predicted molar refractivity (Wildman–Crippen MR) is 204 cm³/mol. The number of aryl methyl sites for hydroxylation is 1. The molecule has 50 heavy (non-hydrogen) atoms. The molecule has 0 radical (unpaired) electrons. The van der Waals surface area contributed by atoms with Gasteiger partial charge >= 0.3 is 0 Å². The minimum Gasteiger partial charge on any atom is -0.311 e. The topological polar surface area (TPSA) is 48.5 Å². The first-order valence-corrected chi connectivity index (χ1v) is 17.4. The molecular weight excluding hydrogens is 611 g/mol. The van der Waals surface area contributed by atoms with E-state index in [1.54, 1.807) is 0 Å². The number of fused-ring (bicyclic) bond motifs is 7. The standard InChI is InChI=1S/C45H33N5/c1-4-15-30(16-5-1)43-46-44(31-17-6-2-7-18-31)48-45(47-43)32-19-14-22-34(29-32)50-40-26-13-11-24-36(40)38-28-27-37-35-23-10-12-25-39(35)49(41(37)42(38)50)33-20-8-3-9-21-33/h1-10,12,14-23,25,27-29H,11,13,24,26H2. The SMILES string of the molecule is c1ccc(-c2nc(-c3ccccc3)nc(-c3cccc(-n4c5c(c6ccc7c8ccccc8n(-c8ccccc8)c7c64)CCCC5)c3)n2)cc1. The van der Waals surface area contributed by atoms with Gasteiger partial charge in [0.15, 0.2) is 17.5 Å². The average molecular weight is 644 g/mol. The van der Waals surface area contributed by atoms with E-state index >= 15 is 0 Å². The molecule has 0 N–H and O–H groups in total. The summed E-state index contributed by atoms with van der Waals surface area (Å²) in [6, 6.07) is 53.4. The third kappa shape index (κ3) is 4.58. The Morgan fingerprint density at radius 3 is 1.66 bits per heavy atom. The molecule has 3 aromatic heterocycles. The van der Waals surface area contributed by atoms with Crippen LogP contribution in [-0.2, 0) is 12.8 Å². The molecule has 6 aromatic carbocycles. The molecule has 0 atom stereocenters. The minimum atomic E-state index is 0.661. The van der Waals surface area contributed by atoms with Crippen LogP contribution in [0.1, 0.15) is 24.1 Å². The van der Waals surface area contributed by atoms with Gasteiger partial charge in [-0.1, -0.05) is 121 Å². The van der Waals surface area contributed by atoms with Crippen LogP contribution < -0.4 is 0 Å². The highest BCUT2D eigenvalue weighted by molar-refractivity contribution is 6.19. The molecule has 0 bridgehead atoms. The molecule has 3 heterocycles. The second-order valence-electron chi connectivity index (χ2n) is 13.1. The van der Waals surface area contributed by atoms with Crippen molar-refractivity contribution in [1.82, 2.24) is 24.1 Å². The molecule has 0 amide bonds. The zero-order chi connectivity index (χ0) is 33.0. The van der Waals surface area contributed by atoms with E-state index in [4.69, 9.17) is 15.0 Å². The summed E-state index contributed by atoms with van der Waals surface area (Å²) in [5, 5.41) is 3.87. The molecule has 238 valence electrons. The molecule has 0 unspecified atom stereocenters. The summed E-state index contributed by atoms with van der Waals surface area (Å²) in [5.41, 5.74) is 11.8. The summed E-state index contributed by atoms with van der Waals surface area (Å²) in [7, 11) is 0.